The van der Waals surface area contributed by atoms with Gasteiger partial charge in [0.25, 0.3) is 0 Å². The maximum atomic E-state index is 13.2. The number of nitrogens with one attached hydrogen (secondary N) is 1. The van der Waals surface area contributed by atoms with Crippen LogP contribution in [0.2, 0.25) is 0 Å². The van der Waals surface area contributed by atoms with Gasteiger partial charge in [-0.1, -0.05) is 42.5 Å². The van der Waals surface area contributed by atoms with E-state index in [4.69, 9.17) is 4.98 Å². The minimum atomic E-state index is -0.228. The molecule has 0 saturated carbocycles. The van der Waals surface area contributed by atoms with E-state index >= 15 is 0 Å². The number of para-hydroxylation sites is 2. The van der Waals surface area contributed by atoms with Crippen molar-refractivity contribution in [2.45, 2.75) is 13.0 Å². The number of carbonyl (C=O) groups excluding carboxylic acids is 1. The molecule has 0 aliphatic carbocycles. The number of hydrogen-bond donors (Lipinski definition) is 1. The van der Waals surface area contributed by atoms with E-state index in [2.05, 4.69) is 16.0 Å². The average Bonchev–Trinajstić information content (AvgIpc) is 3.16. The van der Waals surface area contributed by atoms with Gasteiger partial charge in [0.15, 0.2) is 0 Å². The third-order valence-corrected chi connectivity index (χ3v) is 5.01. The molecular formula is C25H22FN3O. The Hall–Kier alpha value is -3.73. The minimum absolute atomic E-state index is 0.146. The first-order chi connectivity index (χ1) is 14.6. The lowest BCUT2D eigenvalue weighted by molar-refractivity contribution is -0.115. The number of carbonyl (C=O) groups is 1. The summed E-state index contributed by atoms with van der Waals surface area (Å²) in [5.41, 5.74) is 4.96. The van der Waals surface area contributed by atoms with Crippen LogP contribution in [0.3, 0.4) is 0 Å². The first kappa shape index (κ1) is 19.6. The van der Waals surface area contributed by atoms with Crippen molar-refractivity contribution in [3.63, 3.8) is 0 Å². The second-order valence-corrected chi connectivity index (χ2v) is 7.03. The summed E-state index contributed by atoms with van der Waals surface area (Å²) in [6.07, 6.45) is 4.06. The Morgan fingerprint density at radius 3 is 2.67 bits per heavy atom. The van der Waals surface area contributed by atoms with Crippen LogP contribution in [0.4, 0.5) is 4.39 Å². The molecule has 0 saturated heterocycles. The molecule has 0 aliphatic heterocycles. The lowest BCUT2D eigenvalue weighted by atomic mass is 10.1. The topological polar surface area (TPSA) is 46.9 Å². The zero-order chi connectivity index (χ0) is 20.9. The highest BCUT2D eigenvalue weighted by Crippen LogP contribution is 2.26. The van der Waals surface area contributed by atoms with E-state index in [9.17, 15) is 9.18 Å². The molecule has 4 aromatic rings. The molecule has 4 rings (SSSR count). The van der Waals surface area contributed by atoms with Crippen LogP contribution in [0.5, 0.6) is 0 Å². The number of imidazole rings is 1. The van der Waals surface area contributed by atoms with Gasteiger partial charge in [-0.2, -0.15) is 0 Å². The number of hydrogen-bond acceptors (Lipinski definition) is 2. The summed E-state index contributed by atoms with van der Waals surface area (Å²) in [5, 5.41) is 2.58. The van der Waals surface area contributed by atoms with Gasteiger partial charge in [0.1, 0.15) is 11.6 Å². The van der Waals surface area contributed by atoms with Gasteiger partial charge < -0.3 is 9.88 Å². The maximum Gasteiger partial charge on any atom is 0.243 e. The molecule has 0 atom stereocenters. The predicted molar refractivity (Wildman–Crippen MR) is 118 cm³/mol. The predicted octanol–water partition coefficient (Wildman–Crippen LogP) is 4.84. The molecule has 0 spiro atoms. The molecule has 0 bridgehead atoms. The largest absolute Gasteiger partial charge is 0.356 e. The summed E-state index contributed by atoms with van der Waals surface area (Å²) in [4.78, 5) is 16.4. The monoisotopic (exact) mass is 399 g/mol. The van der Waals surface area contributed by atoms with Crippen molar-refractivity contribution in [2.75, 3.05) is 7.05 Å². The highest BCUT2D eigenvalue weighted by atomic mass is 19.1. The van der Waals surface area contributed by atoms with Crippen molar-refractivity contribution in [3.8, 4) is 11.4 Å². The Balaban J connectivity index is 1.70. The van der Waals surface area contributed by atoms with E-state index in [0.29, 0.717) is 0 Å². The summed E-state index contributed by atoms with van der Waals surface area (Å²) in [5.74, 6) is 0.495. The number of fused-ring (bicyclic) bond motifs is 1. The van der Waals surface area contributed by atoms with Crippen LogP contribution in [0, 0.1) is 5.82 Å². The lowest BCUT2D eigenvalue weighted by Crippen LogP contribution is -2.13. The first-order valence-electron chi connectivity index (χ1n) is 9.84. The van der Waals surface area contributed by atoms with Gasteiger partial charge in [-0.3, -0.25) is 4.79 Å². The maximum absolute atomic E-state index is 13.2. The fraction of sp³-hybridized carbons (Fsp3) is 0.120. The number of halogens is 1. The molecule has 150 valence electrons. The summed E-state index contributed by atoms with van der Waals surface area (Å²) >= 11 is 0. The minimum Gasteiger partial charge on any atom is -0.356 e. The first-order valence-corrected chi connectivity index (χ1v) is 9.84. The molecule has 1 amide bonds. The van der Waals surface area contributed by atoms with Crippen molar-refractivity contribution < 1.29 is 9.18 Å². The number of nitrogens with zero attached hydrogens (tertiary/aromatic N) is 2. The second-order valence-electron chi connectivity index (χ2n) is 7.03. The average molecular weight is 399 g/mol. The van der Waals surface area contributed by atoms with E-state index in [1.165, 1.54) is 18.2 Å². The molecule has 5 heteroatoms. The number of amides is 1. The molecule has 0 unspecified atom stereocenters. The van der Waals surface area contributed by atoms with Crippen LogP contribution in [0.15, 0.2) is 78.9 Å². The lowest BCUT2D eigenvalue weighted by Gasteiger charge is -2.10. The normalized spacial score (nSPS) is 11.3. The summed E-state index contributed by atoms with van der Waals surface area (Å²) < 4.78 is 15.4. The van der Waals surface area contributed by atoms with Crippen LogP contribution >= 0.6 is 0 Å². The van der Waals surface area contributed by atoms with Gasteiger partial charge in [-0.25, -0.2) is 9.37 Å². The second kappa shape index (κ2) is 8.74. The molecule has 30 heavy (non-hydrogen) atoms. The van der Waals surface area contributed by atoms with Gasteiger partial charge >= 0.3 is 0 Å². The third kappa shape index (κ3) is 4.30. The Labute approximate surface area is 174 Å². The smallest absolute Gasteiger partial charge is 0.243 e. The highest BCUT2D eigenvalue weighted by molar-refractivity contribution is 5.91. The van der Waals surface area contributed by atoms with Crippen molar-refractivity contribution >= 4 is 23.0 Å². The Bertz CT molecular complexity index is 1210. The van der Waals surface area contributed by atoms with Gasteiger partial charge in [-0.05, 0) is 54.0 Å². The number of rotatable bonds is 6. The van der Waals surface area contributed by atoms with E-state index in [1.54, 1.807) is 13.1 Å². The van der Waals surface area contributed by atoms with Gasteiger partial charge in [0.2, 0.25) is 5.91 Å². The van der Waals surface area contributed by atoms with Crippen LogP contribution < -0.4 is 5.32 Å². The van der Waals surface area contributed by atoms with Crippen molar-refractivity contribution in [1.82, 2.24) is 14.9 Å². The highest BCUT2D eigenvalue weighted by Gasteiger charge is 2.12. The number of aryl methyl sites for hydroxylation is 2. The summed E-state index contributed by atoms with van der Waals surface area (Å²) in [6, 6.07) is 22.6. The van der Waals surface area contributed by atoms with Crippen LogP contribution in [-0.2, 0) is 17.8 Å². The van der Waals surface area contributed by atoms with Crippen molar-refractivity contribution in [3.05, 3.63) is 95.8 Å². The number of aromatic nitrogens is 2. The quantitative estimate of drug-likeness (QED) is 0.472. The Kier molecular flexibility index (Phi) is 5.70. The molecule has 1 N–H and O–H groups in total. The van der Waals surface area contributed by atoms with Crippen LogP contribution in [0.1, 0.15) is 11.1 Å². The SMILES string of the molecule is CNC(=O)/C=C/c1cccc(-c2nc3ccccc3n2CCc2ccc(F)cc2)c1. The molecule has 0 fully saturated rings. The third-order valence-electron chi connectivity index (χ3n) is 5.01. The van der Waals surface area contributed by atoms with E-state index in [-0.39, 0.29) is 11.7 Å². The van der Waals surface area contributed by atoms with Gasteiger partial charge in [0.05, 0.1) is 11.0 Å². The zero-order valence-electron chi connectivity index (χ0n) is 16.7. The zero-order valence-corrected chi connectivity index (χ0v) is 16.7. The summed E-state index contributed by atoms with van der Waals surface area (Å²) in [6.45, 7) is 0.722. The Morgan fingerprint density at radius 1 is 1.07 bits per heavy atom. The fourth-order valence-corrected chi connectivity index (χ4v) is 3.45. The van der Waals surface area contributed by atoms with E-state index in [1.807, 2.05) is 54.6 Å². The van der Waals surface area contributed by atoms with Crippen LogP contribution in [-0.4, -0.2) is 22.5 Å². The fourth-order valence-electron chi connectivity index (χ4n) is 3.45. The van der Waals surface area contributed by atoms with Crippen LogP contribution in [0.25, 0.3) is 28.5 Å². The molecule has 4 nitrogen and oxygen atoms in total. The number of benzene rings is 3. The van der Waals surface area contributed by atoms with Crippen molar-refractivity contribution in [2.24, 2.45) is 0 Å². The molecule has 1 aromatic heterocycles. The molecule has 1 heterocycles. The molecule has 0 radical (unpaired) electrons. The summed E-state index contributed by atoms with van der Waals surface area (Å²) in [7, 11) is 1.60. The van der Waals surface area contributed by atoms with E-state index in [0.717, 1.165) is 46.5 Å². The molecule has 3 aromatic carbocycles. The molecule has 0 aliphatic rings. The van der Waals surface area contributed by atoms with E-state index < -0.39 is 0 Å². The van der Waals surface area contributed by atoms with Gasteiger partial charge in [-0.15, -0.1) is 0 Å². The Morgan fingerprint density at radius 2 is 1.87 bits per heavy atom. The van der Waals surface area contributed by atoms with Crippen molar-refractivity contribution in [1.29, 1.82) is 0 Å². The van der Waals surface area contributed by atoms with Gasteiger partial charge in [0, 0.05) is 25.2 Å². The standard InChI is InChI=1S/C25H22FN3O/c1-27-24(30)14-11-19-5-4-6-20(17-19)25-28-22-7-2-3-8-23(22)29(25)16-15-18-9-12-21(26)13-10-18/h2-14,17H,15-16H2,1H3,(H,27,30)/b14-11+. The number of likely N-dealkylation sites (N-methyl/N-ethyl adjacent to an activating group) is 1. The molecular weight excluding hydrogens is 377 g/mol.